The van der Waals surface area contributed by atoms with Gasteiger partial charge in [0.1, 0.15) is 5.69 Å². The van der Waals surface area contributed by atoms with Gasteiger partial charge in [0.05, 0.1) is 0 Å². The molecule has 1 aliphatic carbocycles. The second kappa shape index (κ2) is 5.48. The van der Waals surface area contributed by atoms with Gasteiger partial charge in [-0.15, -0.1) is 0 Å². The molecule has 1 aromatic carbocycles. The number of hydrogen-bond donors (Lipinski definition) is 1. The molecule has 1 N–H and O–H groups in total. The van der Waals surface area contributed by atoms with Gasteiger partial charge in [-0.1, -0.05) is 18.2 Å². The number of aromatic amines is 1. The van der Waals surface area contributed by atoms with Crippen LogP contribution in [-0.4, -0.2) is 47.2 Å². The first kappa shape index (κ1) is 13.4. The molecular weight excluding hydrogens is 276 g/mol. The van der Waals surface area contributed by atoms with Crippen LogP contribution < -0.4 is 4.90 Å². The lowest BCUT2D eigenvalue weighted by atomic mass is 10.2. The molecule has 2 aromatic rings. The van der Waals surface area contributed by atoms with Crippen molar-refractivity contribution in [2.75, 3.05) is 31.1 Å². The van der Waals surface area contributed by atoms with Crippen LogP contribution in [0.25, 0.3) is 0 Å². The number of carbonyl (C=O) groups excluding carboxylic acids is 1. The molecule has 1 amide bonds. The fourth-order valence-corrected chi connectivity index (χ4v) is 3.02. The highest BCUT2D eigenvalue weighted by Gasteiger charge is 2.28. The topological polar surface area (TPSA) is 52.2 Å². The molecule has 5 nitrogen and oxygen atoms in total. The van der Waals surface area contributed by atoms with Crippen molar-refractivity contribution in [3.63, 3.8) is 0 Å². The quantitative estimate of drug-likeness (QED) is 0.945. The summed E-state index contributed by atoms with van der Waals surface area (Å²) in [5.41, 5.74) is 2.91. The molecular formula is C17H20N4O. The van der Waals surface area contributed by atoms with Crippen molar-refractivity contribution < 1.29 is 4.79 Å². The number of nitrogens with one attached hydrogen (secondary N) is 1. The van der Waals surface area contributed by atoms with Gasteiger partial charge < -0.3 is 9.80 Å². The Bertz CT molecular complexity index is 654. The van der Waals surface area contributed by atoms with Gasteiger partial charge in [0.2, 0.25) is 0 Å². The average molecular weight is 296 g/mol. The molecule has 114 valence electrons. The van der Waals surface area contributed by atoms with Crippen LogP contribution in [0, 0.1) is 0 Å². The van der Waals surface area contributed by atoms with Crippen molar-refractivity contribution in [1.82, 2.24) is 15.1 Å². The first-order valence-corrected chi connectivity index (χ1v) is 7.96. The van der Waals surface area contributed by atoms with Crippen LogP contribution in [0.5, 0.6) is 0 Å². The summed E-state index contributed by atoms with van der Waals surface area (Å²) < 4.78 is 0. The number of piperazine rings is 1. The molecule has 0 spiro atoms. The van der Waals surface area contributed by atoms with E-state index in [-0.39, 0.29) is 5.91 Å². The largest absolute Gasteiger partial charge is 0.368 e. The zero-order valence-corrected chi connectivity index (χ0v) is 12.5. The third-order valence-corrected chi connectivity index (χ3v) is 4.52. The van der Waals surface area contributed by atoms with Crippen LogP contribution in [0.1, 0.15) is 34.9 Å². The maximum atomic E-state index is 12.5. The Morgan fingerprint density at radius 3 is 2.50 bits per heavy atom. The minimum absolute atomic E-state index is 0.0517. The first-order chi connectivity index (χ1) is 10.8. The standard InChI is InChI=1S/C17H20N4O/c22-17(16-12-15(18-19-16)13-6-7-13)21-10-8-20(9-11-21)14-4-2-1-3-5-14/h1-5,12-13H,6-11H2,(H,18,19). The SMILES string of the molecule is O=C(c1cc(C2CC2)[nH]n1)N1CCN(c2ccccc2)CC1. The van der Waals surface area contributed by atoms with Gasteiger partial charge in [-0.05, 0) is 31.0 Å². The van der Waals surface area contributed by atoms with Crippen LogP contribution in [0.3, 0.4) is 0 Å². The molecule has 0 atom stereocenters. The average Bonchev–Trinajstić information content (AvgIpc) is 3.32. The van der Waals surface area contributed by atoms with E-state index in [9.17, 15) is 4.79 Å². The van der Waals surface area contributed by atoms with Crippen molar-refractivity contribution in [2.45, 2.75) is 18.8 Å². The number of hydrogen-bond acceptors (Lipinski definition) is 3. The molecule has 22 heavy (non-hydrogen) atoms. The Morgan fingerprint density at radius 2 is 1.82 bits per heavy atom. The van der Waals surface area contributed by atoms with E-state index < -0.39 is 0 Å². The van der Waals surface area contributed by atoms with E-state index >= 15 is 0 Å². The molecule has 4 rings (SSSR count). The number of carbonyl (C=O) groups is 1. The molecule has 5 heteroatoms. The van der Waals surface area contributed by atoms with E-state index in [4.69, 9.17) is 0 Å². The number of aromatic nitrogens is 2. The maximum Gasteiger partial charge on any atom is 0.274 e. The minimum Gasteiger partial charge on any atom is -0.368 e. The molecule has 2 fully saturated rings. The Kier molecular flexibility index (Phi) is 3.33. The van der Waals surface area contributed by atoms with Crippen LogP contribution in [0.15, 0.2) is 36.4 Å². The highest BCUT2D eigenvalue weighted by Crippen LogP contribution is 2.39. The van der Waals surface area contributed by atoms with Crippen molar-refractivity contribution in [3.8, 4) is 0 Å². The van der Waals surface area contributed by atoms with Crippen LogP contribution in [0.4, 0.5) is 5.69 Å². The van der Waals surface area contributed by atoms with Gasteiger partial charge in [0.15, 0.2) is 0 Å². The molecule has 2 heterocycles. The van der Waals surface area contributed by atoms with Gasteiger partial charge in [-0.3, -0.25) is 9.89 Å². The highest BCUT2D eigenvalue weighted by atomic mass is 16.2. The Morgan fingerprint density at radius 1 is 1.09 bits per heavy atom. The van der Waals surface area contributed by atoms with Gasteiger partial charge in [0, 0.05) is 43.5 Å². The molecule has 0 unspecified atom stereocenters. The minimum atomic E-state index is 0.0517. The summed E-state index contributed by atoms with van der Waals surface area (Å²) in [6.45, 7) is 3.24. The van der Waals surface area contributed by atoms with E-state index in [0.717, 1.165) is 31.9 Å². The van der Waals surface area contributed by atoms with Crippen molar-refractivity contribution in [3.05, 3.63) is 47.8 Å². The fourth-order valence-electron chi connectivity index (χ4n) is 3.02. The van der Waals surface area contributed by atoms with Crippen molar-refractivity contribution in [1.29, 1.82) is 0 Å². The zero-order valence-electron chi connectivity index (χ0n) is 12.5. The van der Waals surface area contributed by atoms with Crippen LogP contribution in [-0.2, 0) is 0 Å². The molecule has 2 aliphatic rings. The van der Waals surface area contributed by atoms with E-state index in [0.29, 0.717) is 11.6 Å². The molecule has 1 aromatic heterocycles. The Balaban J connectivity index is 1.39. The fraction of sp³-hybridized carbons (Fsp3) is 0.412. The second-order valence-electron chi connectivity index (χ2n) is 6.10. The summed E-state index contributed by atoms with van der Waals surface area (Å²) in [6.07, 6.45) is 2.43. The Labute approximate surface area is 129 Å². The summed E-state index contributed by atoms with van der Waals surface area (Å²) in [4.78, 5) is 16.8. The lowest BCUT2D eigenvalue weighted by Gasteiger charge is -2.35. The number of nitrogens with zero attached hydrogens (tertiary/aromatic N) is 3. The third-order valence-electron chi connectivity index (χ3n) is 4.52. The van der Waals surface area contributed by atoms with Gasteiger partial charge >= 0.3 is 0 Å². The number of amides is 1. The monoisotopic (exact) mass is 296 g/mol. The van der Waals surface area contributed by atoms with E-state index in [1.165, 1.54) is 18.5 Å². The summed E-state index contributed by atoms with van der Waals surface area (Å²) in [6, 6.07) is 12.3. The Hall–Kier alpha value is -2.30. The van der Waals surface area contributed by atoms with E-state index in [1.54, 1.807) is 0 Å². The number of rotatable bonds is 3. The third kappa shape index (κ3) is 2.58. The zero-order chi connectivity index (χ0) is 14.9. The summed E-state index contributed by atoms with van der Waals surface area (Å²) in [7, 11) is 0. The molecule has 0 bridgehead atoms. The van der Waals surface area contributed by atoms with Crippen molar-refractivity contribution in [2.24, 2.45) is 0 Å². The summed E-state index contributed by atoms with van der Waals surface area (Å²) >= 11 is 0. The predicted octanol–water partition coefficient (Wildman–Crippen LogP) is 2.25. The second-order valence-corrected chi connectivity index (χ2v) is 6.10. The number of benzene rings is 1. The molecule has 1 saturated heterocycles. The maximum absolute atomic E-state index is 12.5. The lowest BCUT2D eigenvalue weighted by molar-refractivity contribution is 0.0741. The van der Waals surface area contributed by atoms with Gasteiger partial charge in [-0.25, -0.2) is 0 Å². The normalized spacial score (nSPS) is 18.5. The van der Waals surface area contributed by atoms with Crippen LogP contribution >= 0.6 is 0 Å². The highest BCUT2D eigenvalue weighted by molar-refractivity contribution is 5.92. The molecule has 1 aliphatic heterocycles. The molecule has 0 radical (unpaired) electrons. The predicted molar refractivity (Wildman–Crippen MR) is 85.1 cm³/mol. The van der Waals surface area contributed by atoms with Gasteiger partial charge in [-0.2, -0.15) is 5.10 Å². The van der Waals surface area contributed by atoms with Gasteiger partial charge in [0.25, 0.3) is 5.91 Å². The number of H-pyrrole nitrogens is 1. The first-order valence-electron chi connectivity index (χ1n) is 7.96. The number of anilines is 1. The van der Waals surface area contributed by atoms with Crippen LogP contribution in [0.2, 0.25) is 0 Å². The van der Waals surface area contributed by atoms with Crippen molar-refractivity contribution >= 4 is 11.6 Å². The summed E-state index contributed by atoms with van der Waals surface area (Å²) in [5.74, 6) is 0.653. The van der Waals surface area contributed by atoms with E-state index in [2.05, 4.69) is 39.4 Å². The number of para-hydroxylation sites is 1. The van der Waals surface area contributed by atoms with E-state index in [1.807, 2.05) is 17.0 Å². The summed E-state index contributed by atoms with van der Waals surface area (Å²) in [5, 5.41) is 7.21. The molecule has 1 saturated carbocycles. The lowest BCUT2D eigenvalue weighted by Crippen LogP contribution is -2.48. The smallest absolute Gasteiger partial charge is 0.274 e.